The summed E-state index contributed by atoms with van der Waals surface area (Å²) < 4.78 is 1.82. The molecule has 0 aliphatic rings. The molecule has 0 spiro atoms. The van der Waals surface area contributed by atoms with E-state index in [0.717, 1.165) is 40.9 Å². The fraction of sp³-hybridized carbons (Fsp3) is 0.400. The van der Waals surface area contributed by atoms with Gasteiger partial charge in [0.25, 0.3) is 0 Å². The van der Waals surface area contributed by atoms with E-state index in [0.29, 0.717) is 24.7 Å². The van der Waals surface area contributed by atoms with Crippen molar-refractivity contribution in [3.8, 4) is 0 Å². The first kappa shape index (κ1) is 20.1. The number of fused-ring (bicyclic) bond motifs is 1. The number of hydrogen-bond acceptors (Lipinski definition) is 6. The average molecular weight is 399 g/mol. The smallest absolute Gasteiger partial charge is 0.224 e. The van der Waals surface area contributed by atoms with Gasteiger partial charge in [-0.25, -0.2) is 14.6 Å². The highest BCUT2D eigenvalue weighted by Crippen LogP contribution is 2.23. The third-order valence-electron chi connectivity index (χ3n) is 4.29. The molecule has 0 saturated heterocycles. The summed E-state index contributed by atoms with van der Waals surface area (Å²) in [5.74, 6) is 0.817. The van der Waals surface area contributed by atoms with Gasteiger partial charge in [-0.2, -0.15) is 5.10 Å². The number of carbonyl (C=O) groups is 1. The number of thioether (sulfide) groups is 1. The van der Waals surface area contributed by atoms with Crippen LogP contribution in [0, 0.1) is 6.92 Å². The minimum absolute atomic E-state index is 0.00629. The van der Waals surface area contributed by atoms with Crippen molar-refractivity contribution in [3.63, 3.8) is 0 Å². The molecule has 3 rings (SSSR count). The molecule has 148 valence electrons. The molecule has 0 aliphatic heterocycles. The predicted octanol–water partition coefficient (Wildman–Crippen LogP) is 3.04. The maximum atomic E-state index is 12.2. The highest BCUT2D eigenvalue weighted by Gasteiger charge is 2.13. The Balaban J connectivity index is 1.64. The van der Waals surface area contributed by atoms with E-state index in [1.807, 2.05) is 42.1 Å². The molecule has 28 heavy (non-hydrogen) atoms. The molecule has 2 aromatic heterocycles. The fourth-order valence-electron chi connectivity index (χ4n) is 2.94. The standard InChI is InChI=1S/C20H26N6OS/c1-4-8-22-18-16-13-23-26(19(16)25-20(24-18)28-3)10-9-21-17(27)12-15-7-5-6-14(2)11-15/h5-7,11,13H,4,8-10,12H2,1-3H3,(H,21,27)(H,22,24,25). The average Bonchev–Trinajstić information content (AvgIpc) is 3.09. The van der Waals surface area contributed by atoms with Gasteiger partial charge in [-0.1, -0.05) is 48.5 Å². The largest absolute Gasteiger partial charge is 0.369 e. The van der Waals surface area contributed by atoms with E-state index >= 15 is 0 Å². The van der Waals surface area contributed by atoms with Gasteiger partial charge in [0.05, 0.1) is 24.5 Å². The Morgan fingerprint density at radius 3 is 2.86 bits per heavy atom. The molecule has 3 aromatic rings. The monoisotopic (exact) mass is 398 g/mol. The maximum Gasteiger partial charge on any atom is 0.224 e. The van der Waals surface area contributed by atoms with Crippen LogP contribution in [0.2, 0.25) is 0 Å². The first-order chi connectivity index (χ1) is 13.6. The molecule has 1 aromatic carbocycles. The van der Waals surface area contributed by atoms with E-state index in [1.165, 1.54) is 11.8 Å². The molecule has 0 unspecified atom stereocenters. The van der Waals surface area contributed by atoms with Crippen LogP contribution >= 0.6 is 11.8 Å². The number of rotatable bonds is 9. The van der Waals surface area contributed by atoms with Gasteiger partial charge in [0.2, 0.25) is 5.91 Å². The highest BCUT2D eigenvalue weighted by molar-refractivity contribution is 7.98. The van der Waals surface area contributed by atoms with Crippen LogP contribution < -0.4 is 10.6 Å². The van der Waals surface area contributed by atoms with Crippen molar-refractivity contribution >= 4 is 34.5 Å². The van der Waals surface area contributed by atoms with E-state index in [1.54, 1.807) is 6.20 Å². The van der Waals surface area contributed by atoms with Gasteiger partial charge in [0.15, 0.2) is 10.8 Å². The summed E-state index contributed by atoms with van der Waals surface area (Å²) in [7, 11) is 0. The second-order valence-electron chi connectivity index (χ2n) is 6.61. The number of benzene rings is 1. The second kappa shape index (κ2) is 9.54. The SMILES string of the molecule is CCCNc1nc(SC)nc2c1cnn2CCNC(=O)Cc1cccc(C)c1. The first-order valence-corrected chi connectivity index (χ1v) is 10.7. The van der Waals surface area contributed by atoms with Gasteiger partial charge in [0, 0.05) is 13.1 Å². The number of nitrogens with one attached hydrogen (secondary N) is 2. The van der Waals surface area contributed by atoms with Gasteiger partial charge in [-0.3, -0.25) is 4.79 Å². The van der Waals surface area contributed by atoms with Crippen LogP contribution in [0.1, 0.15) is 24.5 Å². The Labute approximate surface area is 169 Å². The number of hydrogen-bond donors (Lipinski definition) is 2. The molecule has 0 bridgehead atoms. The molecule has 8 heteroatoms. The van der Waals surface area contributed by atoms with Crippen LogP contribution in [0.15, 0.2) is 35.6 Å². The Morgan fingerprint density at radius 2 is 2.11 bits per heavy atom. The molecule has 0 atom stereocenters. The molecular formula is C20H26N6OS. The third-order valence-corrected chi connectivity index (χ3v) is 4.84. The number of anilines is 1. The van der Waals surface area contributed by atoms with Crippen LogP contribution in [0.3, 0.4) is 0 Å². The van der Waals surface area contributed by atoms with Crippen molar-refractivity contribution in [2.75, 3.05) is 24.7 Å². The molecule has 2 N–H and O–H groups in total. The quantitative estimate of drug-likeness (QED) is 0.426. The third kappa shape index (κ3) is 5.01. The van der Waals surface area contributed by atoms with E-state index in [4.69, 9.17) is 0 Å². The molecule has 2 heterocycles. The van der Waals surface area contributed by atoms with Crippen LogP contribution in [0.5, 0.6) is 0 Å². The fourth-order valence-corrected chi connectivity index (χ4v) is 3.30. The summed E-state index contributed by atoms with van der Waals surface area (Å²) in [5, 5.41) is 12.4. The zero-order valence-corrected chi connectivity index (χ0v) is 17.3. The maximum absolute atomic E-state index is 12.2. The highest BCUT2D eigenvalue weighted by atomic mass is 32.2. The minimum atomic E-state index is 0.00629. The Bertz CT molecular complexity index is 955. The lowest BCUT2D eigenvalue weighted by atomic mass is 10.1. The second-order valence-corrected chi connectivity index (χ2v) is 7.38. The Morgan fingerprint density at radius 1 is 1.25 bits per heavy atom. The van der Waals surface area contributed by atoms with Gasteiger partial charge in [-0.05, 0) is 25.2 Å². The molecule has 0 radical (unpaired) electrons. The zero-order chi connectivity index (χ0) is 19.9. The van der Waals surface area contributed by atoms with Crippen molar-refractivity contribution in [3.05, 3.63) is 41.6 Å². The lowest BCUT2D eigenvalue weighted by Crippen LogP contribution is -2.28. The molecule has 0 aliphatic carbocycles. The van der Waals surface area contributed by atoms with Crippen LogP contribution in [0.25, 0.3) is 11.0 Å². The normalized spacial score (nSPS) is 11.0. The van der Waals surface area contributed by atoms with Crippen molar-refractivity contribution in [1.82, 2.24) is 25.1 Å². The van der Waals surface area contributed by atoms with E-state index in [-0.39, 0.29) is 5.91 Å². The van der Waals surface area contributed by atoms with Crippen molar-refractivity contribution in [2.24, 2.45) is 0 Å². The van der Waals surface area contributed by atoms with Gasteiger partial charge < -0.3 is 10.6 Å². The van der Waals surface area contributed by atoms with Gasteiger partial charge in [-0.15, -0.1) is 0 Å². The number of aryl methyl sites for hydroxylation is 1. The summed E-state index contributed by atoms with van der Waals surface area (Å²) in [6.07, 6.45) is 5.13. The van der Waals surface area contributed by atoms with Crippen LogP contribution in [-0.2, 0) is 17.8 Å². The lowest BCUT2D eigenvalue weighted by molar-refractivity contribution is -0.120. The number of amides is 1. The predicted molar refractivity (Wildman–Crippen MR) is 114 cm³/mol. The summed E-state index contributed by atoms with van der Waals surface area (Å²) in [4.78, 5) is 21.4. The van der Waals surface area contributed by atoms with Crippen molar-refractivity contribution in [2.45, 2.75) is 38.4 Å². The minimum Gasteiger partial charge on any atom is -0.369 e. The van der Waals surface area contributed by atoms with Crippen molar-refractivity contribution in [1.29, 1.82) is 0 Å². The van der Waals surface area contributed by atoms with Crippen molar-refractivity contribution < 1.29 is 4.79 Å². The van der Waals surface area contributed by atoms with Gasteiger partial charge >= 0.3 is 0 Å². The molecule has 0 fully saturated rings. The summed E-state index contributed by atoms with van der Waals surface area (Å²) >= 11 is 1.50. The Kier molecular flexibility index (Phi) is 6.86. The lowest BCUT2D eigenvalue weighted by Gasteiger charge is -2.09. The summed E-state index contributed by atoms with van der Waals surface area (Å²) in [5.41, 5.74) is 2.96. The number of aromatic nitrogens is 4. The van der Waals surface area contributed by atoms with Gasteiger partial charge in [0.1, 0.15) is 5.82 Å². The summed E-state index contributed by atoms with van der Waals surface area (Å²) in [6.45, 7) is 6.04. The van der Waals surface area contributed by atoms with E-state index in [2.05, 4.69) is 32.6 Å². The summed E-state index contributed by atoms with van der Waals surface area (Å²) in [6, 6.07) is 8.01. The topological polar surface area (TPSA) is 84.7 Å². The van der Waals surface area contributed by atoms with E-state index < -0.39 is 0 Å². The molecule has 1 amide bonds. The van der Waals surface area contributed by atoms with Crippen LogP contribution in [0.4, 0.5) is 5.82 Å². The van der Waals surface area contributed by atoms with E-state index in [9.17, 15) is 4.79 Å². The molecule has 0 saturated carbocycles. The zero-order valence-electron chi connectivity index (χ0n) is 16.5. The number of carbonyl (C=O) groups excluding carboxylic acids is 1. The first-order valence-electron chi connectivity index (χ1n) is 9.44. The van der Waals surface area contributed by atoms with Crippen LogP contribution in [-0.4, -0.2) is 45.0 Å². The number of nitrogens with zero attached hydrogens (tertiary/aromatic N) is 4. The molecular weight excluding hydrogens is 372 g/mol. The Hall–Kier alpha value is -2.61. The molecule has 7 nitrogen and oxygen atoms in total.